The molecule has 0 bridgehead atoms. The molecule has 126 valence electrons. The van der Waals surface area contributed by atoms with E-state index < -0.39 is 6.10 Å². The summed E-state index contributed by atoms with van der Waals surface area (Å²) in [6.07, 6.45) is 1.15. The maximum atomic E-state index is 12.2. The molecule has 0 spiro atoms. The molecule has 2 aliphatic rings. The number of fused-ring (bicyclic) bond motifs is 1. The van der Waals surface area contributed by atoms with Gasteiger partial charge in [0.2, 0.25) is 11.8 Å². The molecule has 7 heteroatoms. The molecule has 0 unspecified atom stereocenters. The number of nitrogens with zero attached hydrogens (tertiary/aromatic N) is 1. The second-order valence-corrected chi connectivity index (χ2v) is 5.91. The van der Waals surface area contributed by atoms with Gasteiger partial charge in [-0.2, -0.15) is 0 Å². The van der Waals surface area contributed by atoms with Crippen LogP contribution >= 0.6 is 0 Å². The van der Waals surface area contributed by atoms with E-state index in [1.807, 2.05) is 6.92 Å². The lowest BCUT2D eigenvalue weighted by Crippen LogP contribution is -2.57. The Morgan fingerprint density at radius 2 is 2.09 bits per heavy atom. The predicted molar refractivity (Wildman–Crippen MR) is 79.2 cm³/mol. The number of carbonyl (C=O) groups is 2. The minimum Gasteiger partial charge on any atom is -0.389 e. The summed E-state index contributed by atoms with van der Waals surface area (Å²) in [6, 6.07) is -0.0941. The lowest BCUT2D eigenvalue weighted by Gasteiger charge is -2.44. The normalized spacial score (nSPS) is 32.6. The number of aliphatic hydroxyl groups is 1. The highest BCUT2D eigenvalue weighted by atomic mass is 16.5. The summed E-state index contributed by atoms with van der Waals surface area (Å²) < 4.78 is 11.5. The third-order valence-corrected chi connectivity index (χ3v) is 4.30. The number of carbonyl (C=O) groups excluding carboxylic acids is 2. The molecule has 0 aromatic carbocycles. The van der Waals surface area contributed by atoms with Crippen LogP contribution in [0.1, 0.15) is 32.6 Å². The first-order valence-electron chi connectivity index (χ1n) is 7.96. The Morgan fingerprint density at radius 1 is 1.32 bits per heavy atom. The highest BCUT2D eigenvalue weighted by Gasteiger charge is 2.39. The van der Waals surface area contributed by atoms with Gasteiger partial charge in [0.1, 0.15) is 6.10 Å². The molecule has 2 N–H and O–H groups in total. The van der Waals surface area contributed by atoms with Gasteiger partial charge in [-0.3, -0.25) is 9.59 Å². The third kappa shape index (κ3) is 4.18. The van der Waals surface area contributed by atoms with Crippen LogP contribution in [0.5, 0.6) is 0 Å². The van der Waals surface area contributed by atoms with Gasteiger partial charge in [-0.1, -0.05) is 6.92 Å². The van der Waals surface area contributed by atoms with Crippen molar-refractivity contribution in [3.63, 3.8) is 0 Å². The molecule has 2 heterocycles. The Hall–Kier alpha value is -1.18. The summed E-state index contributed by atoms with van der Waals surface area (Å²) in [7, 11) is 1.61. The summed E-state index contributed by atoms with van der Waals surface area (Å²) in [5.74, 6) is -0.0311. The summed E-state index contributed by atoms with van der Waals surface area (Å²) in [5.41, 5.74) is 0. The van der Waals surface area contributed by atoms with Gasteiger partial charge in [0.05, 0.1) is 37.9 Å². The van der Waals surface area contributed by atoms with Crippen LogP contribution in [0.15, 0.2) is 0 Å². The molecule has 7 nitrogen and oxygen atoms in total. The first-order valence-corrected chi connectivity index (χ1v) is 7.96. The van der Waals surface area contributed by atoms with Gasteiger partial charge in [-0.05, 0) is 12.8 Å². The molecule has 0 aliphatic carbocycles. The standard InChI is InChI=1S/C15H26N2O5/c1-3-15(20)17-7-10(18)8-21-9-13-12(17)5-4-11(22-13)6-14(19)16-2/h10-13,18H,3-9H2,1-2H3,(H,16,19)/t10-,11-,12+,13-/m0/s1. The van der Waals surface area contributed by atoms with Crippen LogP contribution in [0, 0.1) is 0 Å². The number of amides is 2. The average Bonchev–Trinajstić information content (AvgIpc) is 2.50. The van der Waals surface area contributed by atoms with Crippen molar-refractivity contribution in [3.8, 4) is 0 Å². The SMILES string of the molecule is CCC(=O)N1C[C@H](O)COC[C@@H]2O[C@H](CC(=O)NC)CC[C@H]21. The van der Waals surface area contributed by atoms with Crippen LogP contribution in [-0.4, -0.2) is 73.0 Å². The number of aliphatic hydroxyl groups excluding tert-OH is 1. The van der Waals surface area contributed by atoms with Crippen LogP contribution in [0.25, 0.3) is 0 Å². The Labute approximate surface area is 130 Å². The van der Waals surface area contributed by atoms with Crippen molar-refractivity contribution in [2.75, 3.05) is 26.8 Å². The smallest absolute Gasteiger partial charge is 0.222 e. The number of hydrogen-bond donors (Lipinski definition) is 2. The first-order chi connectivity index (χ1) is 10.5. The fraction of sp³-hybridized carbons (Fsp3) is 0.867. The molecule has 22 heavy (non-hydrogen) atoms. The molecule has 2 saturated heterocycles. The van der Waals surface area contributed by atoms with Crippen LogP contribution in [0.3, 0.4) is 0 Å². The molecule has 0 saturated carbocycles. The maximum absolute atomic E-state index is 12.2. The lowest BCUT2D eigenvalue weighted by atomic mass is 9.94. The van der Waals surface area contributed by atoms with E-state index in [0.29, 0.717) is 19.4 Å². The Kier molecular flexibility index (Phi) is 6.16. The van der Waals surface area contributed by atoms with Crippen molar-refractivity contribution >= 4 is 11.8 Å². The summed E-state index contributed by atoms with van der Waals surface area (Å²) in [4.78, 5) is 25.4. The zero-order chi connectivity index (χ0) is 16.1. The molecule has 0 radical (unpaired) electrons. The number of hydrogen-bond acceptors (Lipinski definition) is 5. The predicted octanol–water partition coefficient (Wildman–Crippen LogP) is -0.332. The van der Waals surface area contributed by atoms with E-state index >= 15 is 0 Å². The van der Waals surface area contributed by atoms with Gasteiger partial charge < -0.3 is 24.8 Å². The van der Waals surface area contributed by atoms with E-state index in [1.54, 1.807) is 11.9 Å². The van der Waals surface area contributed by atoms with Gasteiger partial charge >= 0.3 is 0 Å². The minimum atomic E-state index is -0.667. The third-order valence-electron chi connectivity index (χ3n) is 4.30. The van der Waals surface area contributed by atoms with Gasteiger partial charge in [0.25, 0.3) is 0 Å². The molecule has 0 aromatic heterocycles. The van der Waals surface area contributed by atoms with Crippen LogP contribution < -0.4 is 5.32 Å². The molecule has 0 aromatic rings. The van der Waals surface area contributed by atoms with Crippen LogP contribution in [0.4, 0.5) is 0 Å². The molecular weight excluding hydrogens is 288 g/mol. The molecular formula is C15H26N2O5. The van der Waals surface area contributed by atoms with E-state index in [9.17, 15) is 14.7 Å². The number of nitrogens with one attached hydrogen (secondary N) is 1. The zero-order valence-corrected chi connectivity index (χ0v) is 13.3. The number of β-amino-alcohol motifs (C(OH)–C–C–N with tert-alkyl or cyclic N) is 1. The van der Waals surface area contributed by atoms with Crippen molar-refractivity contribution in [2.24, 2.45) is 0 Å². The largest absolute Gasteiger partial charge is 0.389 e. The first kappa shape index (κ1) is 17.2. The van der Waals surface area contributed by atoms with Crippen molar-refractivity contribution in [1.29, 1.82) is 0 Å². The maximum Gasteiger partial charge on any atom is 0.222 e. The topological polar surface area (TPSA) is 88.1 Å². The highest BCUT2D eigenvalue weighted by molar-refractivity contribution is 5.76. The van der Waals surface area contributed by atoms with Crippen molar-refractivity contribution in [1.82, 2.24) is 10.2 Å². The van der Waals surface area contributed by atoms with E-state index in [-0.39, 0.29) is 43.2 Å². The van der Waals surface area contributed by atoms with Crippen molar-refractivity contribution in [2.45, 2.75) is 57.0 Å². The molecule has 2 rings (SSSR count). The number of rotatable bonds is 3. The van der Waals surface area contributed by atoms with E-state index in [1.165, 1.54) is 0 Å². The summed E-state index contributed by atoms with van der Waals surface area (Å²) >= 11 is 0. The van der Waals surface area contributed by atoms with Crippen molar-refractivity contribution in [3.05, 3.63) is 0 Å². The Bertz CT molecular complexity index is 403. The summed E-state index contributed by atoms with van der Waals surface area (Å²) in [5, 5.41) is 12.5. The molecule has 2 fully saturated rings. The van der Waals surface area contributed by atoms with E-state index in [4.69, 9.17) is 9.47 Å². The second kappa shape index (κ2) is 7.89. The van der Waals surface area contributed by atoms with Gasteiger partial charge in [-0.15, -0.1) is 0 Å². The minimum absolute atomic E-state index is 0.0179. The average molecular weight is 314 g/mol. The Morgan fingerprint density at radius 3 is 2.77 bits per heavy atom. The molecule has 4 atom stereocenters. The van der Waals surface area contributed by atoms with Gasteiger partial charge in [-0.25, -0.2) is 0 Å². The van der Waals surface area contributed by atoms with Crippen LogP contribution in [0.2, 0.25) is 0 Å². The number of ether oxygens (including phenoxy) is 2. The summed E-state index contributed by atoms with van der Waals surface area (Å²) in [6.45, 7) is 2.62. The fourth-order valence-corrected chi connectivity index (χ4v) is 3.14. The molecule has 2 aliphatic heterocycles. The quantitative estimate of drug-likeness (QED) is 0.745. The van der Waals surface area contributed by atoms with E-state index in [2.05, 4.69) is 5.32 Å². The van der Waals surface area contributed by atoms with Crippen LogP contribution in [-0.2, 0) is 19.1 Å². The second-order valence-electron chi connectivity index (χ2n) is 5.91. The zero-order valence-electron chi connectivity index (χ0n) is 13.3. The fourth-order valence-electron chi connectivity index (χ4n) is 3.14. The van der Waals surface area contributed by atoms with Gasteiger partial charge in [0, 0.05) is 20.0 Å². The van der Waals surface area contributed by atoms with Crippen molar-refractivity contribution < 1.29 is 24.2 Å². The van der Waals surface area contributed by atoms with E-state index in [0.717, 1.165) is 12.8 Å². The van der Waals surface area contributed by atoms with Gasteiger partial charge in [0.15, 0.2) is 0 Å². The monoisotopic (exact) mass is 314 g/mol. The Balaban J connectivity index is 2.06. The molecule has 2 amide bonds. The lowest BCUT2D eigenvalue weighted by molar-refractivity contribution is -0.169. The highest BCUT2D eigenvalue weighted by Crippen LogP contribution is 2.28.